The molecule has 2 heterocycles. The highest BCUT2D eigenvalue weighted by Crippen LogP contribution is 2.43. The van der Waals surface area contributed by atoms with Crippen LogP contribution in [0.3, 0.4) is 0 Å². The van der Waals surface area contributed by atoms with Crippen molar-refractivity contribution < 1.29 is 58.5 Å². The monoisotopic (exact) mass is 885 g/mol. The molecule has 4 N–H and O–H groups in total. The first-order valence-electron chi connectivity index (χ1n) is 22.1. The Kier molecular flexibility index (Phi) is 18.2. The summed E-state index contributed by atoms with van der Waals surface area (Å²) in [5.41, 5.74) is -2.73. The number of aliphatic hydroxyl groups is 4. The van der Waals surface area contributed by atoms with Gasteiger partial charge in [0.1, 0.15) is 24.6 Å². The molecule has 1 aromatic rings. The zero-order chi connectivity index (χ0) is 45.8. The number of nitrogens with zero attached hydrogens (tertiary/aromatic N) is 2. The maximum absolute atomic E-state index is 14.7. The highest BCUT2D eigenvalue weighted by atomic mass is 35.5. The van der Waals surface area contributed by atoms with E-state index in [4.69, 9.17) is 44.9 Å². The summed E-state index contributed by atoms with van der Waals surface area (Å²) in [6.45, 7) is 18.4. The molecule has 1 saturated carbocycles. The lowest BCUT2D eigenvalue weighted by atomic mass is 9.69. The van der Waals surface area contributed by atoms with E-state index in [1.54, 1.807) is 47.8 Å². The zero-order valence-electron chi connectivity index (χ0n) is 39.0. The molecule has 0 amide bonds. The van der Waals surface area contributed by atoms with Gasteiger partial charge in [-0.25, -0.2) is 0 Å². The Balaban J connectivity index is 1.90. The molecule has 0 unspecified atom stereocenters. The van der Waals surface area contributed by atoms with Gasteiger partial charge < -0.3 is 58.6 Å². The van der Waals surface area contributed by atoms with Crippen LogP contribution in [0, 0.1) is 29.6 Å². The van der Waals surface area contributed by atoms with E-state index in [0.29, 0.717) is 23.6 Å². The van der Waals surface area contributed by atoms with E-state index in [1.807, 2.05) is 71.8 Å². The van der Waals surface area contributed by atoms with Gasteiger partial charge in [0.05, 0.1) is 53.0 Å². The lowest BCUT2D eigenvalue weighted by molar-refractivity contribution is -0.318. The molecule has 3 fully saturated rings. The molecule has 61 heavy (non-hydrogen) atoms. The van der Waals surface area contributed by atoms with Crippen molar-refractivity contribution in [1.82, 2.24) is 4.90 Å². The minimum atomic E-state index is -1.72. The second-order valence-electron chi connectivity index (χ2n) is 19.1. The summed E-state index contributed by atoms with van der Waals surface area (Å²) >= 11 is 6.46. The molecule has 14 nitrogen and oxygen atoms in total. The quantitative estimate of drug-likeness (QED) is 0.198. The fraction of sp³-hybridized carbons (Fsp3) is 0.826. The summed E-state index contributed by atoms with van der Waals surface area (Å²) < 4.78 is 38.9. The van der Waals surface area contributed by atoms with Gasteiger partial charge in [-0.1, -0.05) is 76.0 Å². The van der Waals surface area contributed by atoms with Crippen molar-refractivity contribution in [3.63, 3.8) is 0 Å². The third kappa shape index (κ3) is 11.7. The molecule has 0 spiro atoms. The van der Waals surface area contributed by atoms with E-state index in [-0.39, 0.29) is 43.8 Å². The van der Waals surface area contributed by atoms with Gasteiger partial charge in [0, 0.05) is 67.4 Å². The Hall–Kier alpha value is -1.79. The van der Waals surface area contributed by atoms with Gasteiger partial charge in [-0.15, -0.1) is 0 Å². The first-order chi connectivity index (χ1) is 28.5. The molecular formula is C46H77ClN2O12. The topological polar surface area (TPSA) is 178 Å². The van der Waals surface area contributed by atoms with Crippen molar-refractivity contribution >= 4 is 23.1 Å². The predicted molar refractivity (Wildman–Crippen MR) is 233 cm³/mol. The van der Waals surface area contributed by atoms with Gasteiger partial charge >= 0.3 is 0 Å². The average molecular weight is 886 g/mol. The predicted octanol–water partition coefficient (Wildman–Crippen LogP) is 5.76. The van der Waals surface area contributed by atoms with Gasteiger partial charge in [-0.3, -0.25) is 4.79 Å². The molecule has 18 atom stereocenters. The molecule has 350 valence electrons. The van der Waals surface area contributed by atoms with E-state index in [9.17, 15) is 25.2 Å². The molecule has 1 aliphatic carbocycles. The van der Waals surface area contributed by atoms with Crippen LogP contribution in [-0.4, -0.2) is 143 Å². The second kappa shape index (κ2) is 21.5. The van der Waals surface area contributed by atoms with Crippen LogP contribution in [0.15, 0.2) is 29.4 Å². The van der Waals surface area contributed by atoms with Crippen LogP contribution in [-0.2, 0) is 44.7 Å². The summed E-state index contributed by atoms with van der Waals surface area (Å²) in [6.07, 6.45) is -6.66. The van der Waals surface area contributed by atoms with E-state index in [1.165, 1.54) is 7.11 Å². The number of hydrogen-bond donors (Lipinski definition) is 4. The number of likely N-dealkylation sites (N-methyl/N-ethyl adjacent to an activating group) is 1. The molecular weight excluding hydrogens is 808 g/mol. The summed E-state index contributed by atoms with van der Waals surface area (Å²) in [6, 6.07) is 7.03. The van der Waals surface area contributed by atoms with Crippen molar-refractivity contribution in [2.75, 3.05) is 28.3 Å². The van der Waals surface area contributed by atoms with Crippen molar-refractivity contribution in [2.24, 2.45) is 34.7 Å². The number of rotatable bonds is 11. The lowest BCUT2D eigenvalue weighted by Crippen LogP contribution is -2.61. The highest BCUT2D eigenvalue weighted by Gasteiger charge is 2.53. The fourth-order valence-corrected chi connectivity index (χ4v) is 10.2. The number of oxime groups is 1. The van der Waals surface area contributed by atoms with Crippen LogP contribution in [0.2, 0.25) is 5.02 Å². The number of carbonyl (C=O) groups is 1. The van der Waals surface area contributed by atoms with Crippen LogP contribution in [0.25, 0.3) is 0 Å². The average Bonchev–Trinajstić information content (AvgIpc) is 3.21. The summed E-state index contributed by atoms with van der Waals surface area (Å²) in [4.78, 5) is 22.7. The van der Waals surface area contributed by atoms with Crippen molar-refractivity contribution in [2.45, 2.75) is 186 Å². The smallest absolute Gasteiger partial charge is 0.185 e. The maximum atomic E-state index is 14.7. The first-order valence-corrected chi connectivity index (χ1v) is 22.4. The van der Waals surface area contributed by atoms with Gasteiger partial charge in [0.15, 0.2) is 12.6 Å². The van der Waals surface area contributed by atoms with Crippen molar-refractivity contribution in [3.8, 4) is 0 Å². The molecule has 2 aliphatic heterocycles. The van der Waals surface area contributed by atoms with Crippen LogP contribution in [0.4, 0.5) is 0 Å². The Morgan fingerprint density at radius 3 is 2.13 bits per heavy atom. The van der Waals surface area contributed by atoms with Crippen LogP contribution in [0.1, 0.15) is 107 Å². The number of methoxy groups -OCH3 is 2. The maximum Gasteiger partial charge on any atom is 0.185 e. The minimum Gasteiger partial charge on any atom is -0.391 e. The number of benzene rings is 1. The Bertz CT molecular complexity index is 1600. The third-order valence-corrected chi connectivity index (χ3v) is 14.6. The minimum absolute atomic E-state index is 0.0611. The lowest BCUT2D eigenvalue weighted by Gasteiger charge is -2.50. The van der Waals surface area contributed by atoms with E-state index in [0.717, 1.165) is 5.56 Å². The first kappa shape index (κ1) is 51.8. The normalized spacial score (nSPS) is 44.2. The second-order valence-corrected chi connectivity index (χ2v) is 19.5. The van der Waals surface area contributed by atoms with Gasteiger partial charge in [-0.2, -0.15) is 0 Å². The third-order valence-electron chi connectivity index (χ3n) is 14.3. The number of hydrogen-bond acceptors (Lipinski definition) is 14. The largest absolute Gasteiger partial charge is 0.391 e. The Morgan fingerprint density at radius 1 is 0.902 bits per heavy atom. The summed E-state index contributed by atoms with van der Waals surface area (Å²) in [7, 11) is 6.94. The Labute approximate surface area is 369 Å². The molecule has 4 rings (SSSR count). The molecule has 2 saturated heterocycles. The van der Waals surface area contributed by atoms with Crippen molar-refractivity contribution in [3.05, 3.63) is 34.9 Å². The number of carbonyl (C=O) groups excluding carboxylic acids is 1. The molecule has 3 aliphatic rings. The zero-order valence-corrected chi connectivity index (χ0v) is 39.8. The fourth-order valence-electron chi connectivity index (χ4n) is 9.99. The van der Waals surface area contributed by atoms with E-state index >= 15 is 0 Å². The molecule has 0 bridgehead atoms. The standard InChI is InChI=1S/C46H77ClN2O12/c1-15-32-21-35(50)27(4)39(60-36-23-44(8,55-13)41(53)30(7)59-36)29(6)42(61-43-38(51)34(49(11)12)20-26(3)58-43)45(9,56-14)22-25(2)37(28(5)40(52)46(32,10)54)48-57-24-31-18-16-17-19-33(31)47/h16-19,25-30,32,34,36,38-43,51-54H,15,20-24H2,1-14H3/b48-37+/t25-,26-,27+,28+,29+,30+,32+,34+,36+,38-,39-,40-,41+,42-,43+,44-,45-,46-/m1/s1. The molecule has 0 radical (unpaired) electrons. The van der Waals surface area contributed by atoms with Gasteiger partial charge in [-0.05, 0) is 73.5 Å². The van der Waals surface area contributed by atoms with E-state index in [2.05, 4.69) is 5.16 Å². The number of aliphatic hydroxyl groups excluding tert-OH is 3. The van der Waals surface area contributed by atoms with Gasteiger partial charge in [0.25, 0.3) is 0 Å². The number of ketones is 1. The molecule has 0 aromatic heterocycles. The number of ether oxygens (including phenoxy) is 6. The number of Topliss-reactive ketones (excluding diaryl/α,β-unsaturated/α-hetero) is 1. The van der Waals surface area contributed by atoms with Gasteiger partial charge in [0.2, 0.25) is 0 Å². The SMILES string of the molecule is CC[C@H]1CC(=O)[C@H](C)[C@@H](O[C@H]2C[C@@](C)(OC)[C@@H](O)[C@H](C)O2)[C@H](C)[C@@H](O[C@@H]2O[C@H](C)C[C@H](N(C)C)[C@H]2O)[C@](C)(OC)C[C@@H](C)/C(=N\OCc2ccccc2Cl)[C@H](C)[C@@H](O)[C@]1(C)O. The Morgan fingerprint density at radius 2 is 1.54 bits per heavy atom. The van der Waals surface area contributed by atoms with Crippen LogP contribution in [0.5, 0.6) is 0 Å². The highest BCUT2D eigenvalue weighted by molar-refractivity contribution is 6.31. The summed E-state index contributed by atoms with van der Waals surface area (Å²) in [5.74, 6) is -3.46. The molecule has 15 heteroatoms. The van der Waals surface area contributed by atoms with E-state index < -0.39 is 95.6 Å². The van der Waals surface area contributed by atoms with Crippen LogP contribution < -0.4 is 0 Å². The summed E-state index contributed by atoms with van der Waals surface area (Å²) in [5, 5.41) is 52.4. The molecule has 1 aromatic carbocycles. The van der Waals surface area contributed by atoms with Crippen molar-refractivity contribution in [1.29, 1.82) is 0 Å². The van der Waals surface area contributed by atoms with Crippen LogP contribution >= 0.6 is 11.6 Å². The number of halogens is 1.